The van der Waals surface area contributed by atoms with Gasteiger partial charge in [0.05, 0.1) is 30.3 Å². The van der Waals surface area contributed by atoms with Crippen molar-refractivity contribution in [3.63, 3.8) is 0 Å². The van der Waals surface area contributed by atoms with Gasteiger partial charge in [-0.1, -0.05) is 18.7 Å². The number of nitrogens with zero attached hydrogens (tertiary/aromatic N) is 5. The third-order valence-corrected chi connectivity index (χ3v) is 6.71. The van der Waals surface area contributed by atoms with Crippen molar-refractivity contribution >= 4 is 34.0 Å². The van der Waals surface area contributed by atoms with E-state index in [9.17, 15) is 9.59 Å². The number of hydrogen-bond donors (Lipinski definition) is 0. The van der Waals surface area contributed by atoms with Gasteiger partial charge in [0.2, 0.25) is 0 Å². The van der Waals surface area contributed by atoms with Crippen LogP contribution in [0.4, 0.5) is 17.1 Å². The van der Waals surface area contributed by atoms with Crippen LogP contribution in [-0.4, -0.2) is 52.8 Å². The fraction of sp³-hybridized carbons (Fsp3) is 0.214. The molecule has 0 bridgehead atoms. The predicted octanol–water partition coefficient (Wildman–Crippen LogP) is 3.54. The normalized spacial score (nSPS) is 15.3. The molecule has 9 heteroatoms. The predicted molar refractivity (Wildman–Crippen MR) is 141 cm³/mol. The van der Waals surface area contributed by atoms with Crippen LogP contribution in [0.1, 0.15) is 5.56 Å². The first-order valence-corrected chi connectivity index (χ1v) is 12.1. The number of pyridine rings is 1. The molecule has 6 rings (SSSR count). The Balaban J connectivity index is 1.49. The quantitative estimate of drug-likeness (QED) is 0.391. The zero-order valence-electron chi connectivity index (χ0n) is 20.3. The van der Waals surface area contributed by atoms with E-state index in [-0.39, 0.29) is 17.6 Å². The highest BCUT2D eigenvalue weighted by molar-refractivity contribution is 6.05. The summed E-state index contributed by atoms with van der Waals surface area (Å²) in [6, 6.07) is 15.0. The standard InChI is InChI=1S/C28H25N5O4/c1-3-25(34)32-12-11-31(23-6-4-5-18(2)26(23)32)24-13-19-14-29-17-30-27(19)33(28(24)35)20-7-9-21(10-8-20)37-22-15-36-16-22/h3-10,13-14,17,22H,1,11-12,15-16H2,2H3. The third-order valence-electron chi connectivity index (χ3n) is 6.71. The summed E-state index contributed by atoms with van der Waals surface area (Å²) in [5, 5.41) is 0.725. The van der Waals surface area contributed by atoms with Crippen molar-refractivity contribution in [2.24, 2.45) is 0 Å². The Kier molecular flexibility index (Phi) is 5.69. The van der Waals surface area contributed by atoms with Gasteiger partial charge in [-0.3, -0.25) is 14.2 Å². The van der Waals surface area contributed by atoms with Crippen molar-refractivity contribution in [1.29, 1.82) is 0 Å². The molecule has 0 spiro atoms. The number of carbonyl (C=O) groups is 1. The van der Waals surface area contributed by atoms with Crippen LogP contribution in [0.25, 0.3) is 16.7 Å². The van der Waals surface area contributed by atoms with Gasteiger partial charge in [0.1, 0.15) is 23.9 Å². The lowest BCUT2D eigenvalue weighted by Gasteiger charge is -2.38. The largest absolute Gasteiger partial charge is 0.486 e. The van der Waals surface area contributed by atoms with E-state index in [1.165, 1.54) is 12.4 Å². The SMILES string of the molecule is C=CC(=O)N1CCN(c2cc3cncnc3n(-c3ccc(OC4COC4)cc3)c2=O)c2cccc(C)c21. The second-order valence-electron chi connectivity index (χ2n) is 9.03. The molecule has 2 aliphatic heterocycles. The molecule has 0 atom stereocenters. The van der Waals surface area contributed by atoms with E-state index in [4.69, 9.17) is 9.47 Å². The van der Waals surface area contributed by atoms with E-state index >= 15 is 0 Å². The molecule has 9 nitrogen and oxygen atoms in total. The Morgan fingerprint density at radius 2 is 1.95 bits per heavy atom. The highest BCUT2D eigenvalue weighted by atomic mass is 16.6. The molecule has 186 valence electrons. The Morgan fingerprint density at radius 1 is 1.14 bits per heavy atom. The van der Waals surface area contributed by atoms with E-state index in [1.807, 2.05) is 60.4 Å². The van der Waals surface area contributed by atoms with Gasteiger partial charge in [0.25, 0.3) is 11.5 Å². The maximum absolute atomic E-state index is 14.1. The van der Waals surface area contributed by atoms with E-state index < -0.39 is 0 Å². The van der Waals surface area contributed by atoms with Gasteiger partial charge in [-0.25, -0.2) is 9.97 Å². The fourth-order valence-corrected chi connectivity index (χ4v) is 4.85. The smallest absolute Gasteiger partial charge is 0.280 e. The Morgan fingerprint density at radius 3 is 2.68 bits per heavy atom. The molecule has 0 unspecified atom stereocenters. The minimum absolute atomic E-state index is 0.0561. The minimum atomic E-state index is -0.219. The lowest BCUT2D eigenvalue weighted by atomic mass is 10.1. The molecule has 0 aliphatic carbocycles. The number of hydrogen-bond acceptors (Lipinski definition) is 7. The first kappa shape index (κ1) is 22.9. The molecular formula is C28H25N5O4. The van der Waals surface area contributed by atoms with Crippen LogP contribution in [0.3, 0.4) is 0 Å². The van der Waals surface area contributed by atoms with Crippen LogP contribution in [-0.2, 0) is 9.53 Å². The van der Waals surface area contributed by atoms with Crippen molar-refractivity contribution in [3.05, 3.63) is 89.6 Å². The van der Waals surface area contributed by atoms with Crippen molar-refractivity contribution in [2.75, 3.05) is 36.1 Å². The van der Waals surface area contributed by atoms with Gasteiger partial charge in [0, 0.05) is 24.7 Å². The molecule has 1 saturated heterocycles. The minimum Gasteiger partial charge on any atom is -0.486 e. The van der Waals surface area contributed by atoms with Gasteiger partial charge in [-0.2, -0.15) is 0 Å². The van der Waals surface area contributed by atoms with Crippen LogP contribution in [0.5, 0.6) is 5.75 Å². The maximum atomic E-state index is 14.1. The number of aromatic nitrogens is 3. The lowest BCUT2D eigenvalue weighted by Crippen LogP contribution is -2.43. The summed E-state index contributed by atoms with van der Waals surface area (Å²) in [7, 11) is 0. The molecule has 2 aliphatic rings. The number of carbonyl (C=O) groups excluding carboxylic acids is 1. The number of rotatable bonds is 5. The summed E-state index contributed by atoms with van der Waals surface area (Å²) in [6.07, 6.45) is 4.51. The van der Waals surface area contributed by atoms with E-state index in [2.05, 4.69) is 16.5 Å². The first-order valence-electron chi connectivity index (χ1n) is 12.1. The molecule has 0 saturated carbocycles. The van der Waals surface area contributed by atoms with Crippen LogP contribution in [0.2, 0.25) is 0 Å². The van der Waals surface area contributed by atoms with E-state index in [0.29, 0.717) is 49.1 Å². The molecule has 4 heterocycles. The van der Waals surface area contributed by atoms with Crippen molar-refractivity contribution in [2.45, 2.75) is 13.0 Å². The number of fused-ring (bicyclic) bond motifs is 2. The van der Waals surface area contributed by atoms with Gasteiger partial charge in [-0.15, -0.1) is 0 Å². The molecule has 0 N–H and O–H groups in total. The maximum Gasteiger partial charge on any atom is 0.280 e. The second kappa shape index (κ2) is 9.18. The highest BCUT2D eigenvalue weighted by Crippen LogP contribution is 2.39. The Labute approximate surface area is 213 Å². The first-order chi connectivity index (χ1) is 18.0. The number of anilines is 3. The summed E-state index contributed by atoms with van der Waals surface area (Å²) in [6.45, 7) is 7.63. The monoisotopic (exact) mass is 495 g/mol. The van der Waals surface area contributed by atoms with Crippen LogP contribution < -0.4 is 20.1 Å². The van der Waals surface area contributed by atoms with Gasteiger partial charge in [0.15, 0.2) is 5.65 Å². The second-order valence-corrected chi connectivity index (χ2v) is 9.03. The molecule has 1 amide bonds. The molecular weight excluding hydrogens is 470 g/mol. The lowest BCUT2D eigenvalue weighted by molar-refractivity contribution is -0.114. The number of ether oxygens (including phenoxy) is 2. The van der Waals surface area contributed by atoms with Gasteiger partial charge in [-0.05, 0) is 55.0 Å². The van der Waals surface area contributed by atoms with Gasteiger partial charge >= 0.3 is 0 Å². The summed E-state index contributed by atoms with van der Waals surface area (Å²) in [5.74, 6) is 0.544. The Hall–Kier alpha value is -4.50. The summed E-state index contributed by atoms with van der Waals surface area (Å²) >= 11 is 0. The molecule has 0 radical (unpaired) electrons. The van der Waals surface area contributed by atoms with Gasteiger partial charge < -0.3 is 19.3 Å². The molecule has 1 fully saturated rings. The number of aryl methyl sites for hydroxylation is 1. The molecule has 2 aromatic heterocycles. The Bertz CT molecular complexity index is 1580. The van der Waals surface area contributed by atoms with Crippen molar-refractivity contribution in [3.8, 4) is 11.4 Å². The van der Waals surface area contributed by atoms with Crippen molar-refractivity contribution in [1.82, 2.24) is 14.5 Å². The number of amides is 1. The zero-order chi connectivity index (χ0) is 25.5. The average molecular weight is 496 g/mol. The average Bonchev–Trinajstić information content (AvgIpc) is 2.90. The van der Waals surface area contributed by atoms with Crippen molar-refractivity contribution < 1.29 is 14.3 Å². The highest BCUT2D eigenvalue weighted by Gasteiger charge is 2.30. The topological polar surface area (TPSA) is 89.8 Å². The summed E-state index contributed by atoms with van der Waals surface area (Å²) < 4.78 is 12.7. The summed E-state index contributed by atoms with van der Waals surface area (Å²) in [5.41, 5.74) is 3.93. The summed E-state index contributed by atoms with van der Waals surface area (Å²) in [4.78, 5) is 39.0. The molecule has 4 aromatic rings. The number of benzene rings is 2. The van der Waals surface area contributed by atoms with Crippen LogP contribution in [0.15, 0.2) is 78.5 Å². The fourth-order valence-electron chi connectivity index (χ4n) is 4.85. The molecule has 37 heavy (non-hydrogen) atoms. The van der Waals surface area contributed by atoms with Crippen LogP contribution in [0, 0.1) is 6.92 Å². The number of para-hydroxylation sites is 1. The molecule has 2 aromatic carbocycles. The zero-order valence-corrected chi connectivity index (χ0v) is 20.3. The third kappa shape index (κ3) is 3.93. The van der Waals surface area contributed by atoms with E-state index in [0.717, 1.165) is 22.3 Å². The van der Waals surface area contributed by atoms with Crippen LogP contribution >= 0.6 is 0 Å². The van der Waals surface area contributed by atoms with E-state index in [1.54, 1.807) is 15.7 Å².